The number of aliphatic hydroxyl groups is 1. The number of fused-ring (bicyclic) bond motifs is 1. The Hall–Kier alpha value is -2.47. The lowest BCUT2D eigenvalue weighted by atomic mass is 9.84. The highest BCUT2D eigenvalue weighted by Gasteiger charge is 2.30. The largest absolute Gasteiger partial charge is 0.394 e. The molecular formula is C24H32N4O2. The van der Waals surface area contributed by atoms with Crippen LogP contribution in [0.1, 0.15) is 68.7 Å². The number of carbonyl (C=O) groups is 1. The van der Waals surface area contributed by atoms with E-state index in [1.54, 1.807) is 0 Å². The summed E-state index contributed by atoms with van der Waals surface area (Å²) in [6.45, 7) is 10.2. The summed E-state index contributed by atoms with van der Waals surface area (Å²) in [5.74, 6) is 2.68. The first-order chi connectivity index (χ1) is 14.3. The molecule has 1 aromatic carbocycles. The van der Waals surface area contributed by atoms with Crippen LogP contribution in [0.25, 0.3) is 0 Å². The van der Waals surface area contributed by atoms with E-state index in [1.165, 1.54) is 0 Å². The standard InChI is InChI=1S/C24H32N4O2/c1-5-21-25-22(27-11-6-7-17(27)15-29)14-23(26-21)28-12-10-20(30)18-13-16(24(2,3)4)8-9-19(18)28/h8-9,13-14,17,29H,5-7,10-12,15H2,1-4H3. The van der Waals surface area contributed by atoms with Crippen molar-refractivity contribution in [3.8, 4) is 0 Å². The van der Waals surface area contributed by atoms with Crippen LogP contribution >= 0.6 is 0 Å². The molecule has 6 heteroatoms. The summed E-state index contributed by atoms with van der Waals surface area (Å²) in [5.41, 5.74) is 2.86. The molecule has 1 N–H and O–H groups in total. The maximum atomic E-state index is 12.7. The fourth-order valence-electron chi connectivity index (χ4n) is 4.41. The molecule has 0 spiro atoms. The monoisotopic (exact) mass is 408 g/mol. The molecule has 3 heterocycles. The molecule has 0 amide bonds. The van der Waals surface area contributed by atoms with Crippen molar-refractivity contribution in [1.29, 1.82) is 0 Å². The SMILES string of the molecule is CCc1nc(N2CCC(=O)c3cc(C(C)(C)C)ccc32)cc(N2CCCC2CO)n1. The number of aryl methyl sites for hydroxylation is 1. The van der Waals surface area contributed by atoms with Gasteiger partial charge in [0.1, 0.15) is 17.5 Å². The van der Waals surface area contributed by atoms with E-state index in [1.807, 2.05) is 6.07 Å². The maximum Gasteiger partial charge on any atom is 0.166 e. The van der Waals surface area contributed by atoms with Crippen molar-refractivity contribution >= 4 is 23.1 Å². The lowest BCUT2D eigenvalue weighted by Crippen LogP contribution is -2.34. The van der Waals surface area contributed by atoms with Gasteiger partial charge in [-0.1, -0.05) is 33.8 Å². The second kappa shape index (κ2) is 7.99. The summed E-state index contributed by atoms with van der Waals surface area (Å²) >= 11 is 0. The minimum atomic E-state index is -0.00981. The Morgan fingerprint density at radius 2 is 1.90 bits per heavy atom. The summed E-state index contributed by atoms with van der Waals surface area (Å²) < 4.78 is 0. The first-order valence-electron chi connectivity index (χ1n) is 11.0. The molecule has 160 valence electrons. The number of nitrogens with zero attached hydrogens (tertiary/aromatic N) is 4. The highest BCUT2D eigenvalue weighted by atomic mass is 16.3. The second-order valence-electron chi connectivity index (χ2n) is 9.33. The van der Waals surface area contributed by atoms with Crippen molar-refractivity contribution in [2.45, 2.75) is 64.8 Å². The zero-order valence-corrected chi connectivity index (χ0v) is 18.5. The van der Waals surface area contributed by atoms with E-state index < -0.39 is 0 Å². The number of aromatic nitrogens is 2. The average Bonchev–Trinajstić information content (AvgIpc) is 3.22. The van der Waals surface area contributed by atoms with Gasteiger partial charge in [-0.3, -0.25) is 4.79 Å². The Kier molecular flexibility index (Phi) is 5.53. The van der Waals surface area contributed by atoms with Crippen molar-refractivity contribution in [2.24, 2.45) is 0 Å². The van der Waals surface area contributed by atoms with E-state index in [4.69, 9.17) is 9.97 Å². The Morgan fingerprint density at radius 3 is 2.60 bits per heavy atom. The van der Waals surface area contributed by atoms with Crippen molar-refractivity contribution in [2.75, 3.05) is 29.5 Å². The number of benzene rings is 1. The zero-order chi connectivity index (χ0) is 21.5. The highest BCUT2D eigenvalue weighted by Crippen LogP contribution is 2.37. The van der Waals surface area contributed by atoms with Crippen LogP contribution in [0.15, 0.2) is 24.3 Å². The zero-order valence-electron chi connectivity index (χ0n) is 18.5. The highest BCUT2D eigenvalue weighted by molar-refractivity contribution is 6.04. The Labute approximate surface area is 179 Å². The van der Waals surface area contributed by atoms with Gasteiger partial charge in [-0.15, -0.1) is 0 Å². The number of carbonyl (C=O) groups excluding carboxylic acids is 1. The van der Waals surface area contributed by atoms with Crippen molar-refractivity contribution in [3.05, 3.63) is 41.2 Å². The van der Waals surface area contributed by atoms with Gasteiger partial charge in [0.15, 0.2) is 5.78 Å². The molecular weight excluding hydrogens is 376 g/mol. The van der Waals surface area contributed by atoms with Crippen LogP contribution < -0.4 is 9.80 Å². The molecule has 2 aliphatic rings. The topological polar surface area (TPSA) is 69.6 Å². The van der Waals surface area contributed by atoms with E-state index in [9.17, 15) is 9.90 Å². The Balaban J connectivity index is 1.77. The molecule has 1 unspecified atom stereocenters. The summed E-state index contributed by atoms with van der Waals surface area (Å²) in [6.07, 6.45) is 3.25. The molecule has 2 aromatic rings. The van der Waals surface area contributed by atoms with Gasteiger partial charge in [0.25, 0.3) is 0 Å². The fraction of sp³-hybridized carbons (Fsp3) is 0.542. The molecule has 30 heavy (non-hydrogen) atoms. The van der Waals surface area contributed by atoms with Gasteiger partial charge in [0.05, 0.1) is 18.3 Å². The molecule has 4 rings (SSSR count). The molecule has 0 bridgehead atoms. The van der Waals surface area contributed by atoms with Gasteiger partial charge in [-0.2, -0.15) is 0 Å². The molecule has 1 saturated heterocycles. The minimum absolute atomic E-state index is 0.00981. The molecule has 0 saturated carbocycles. The van der Waals surface area contributed by atoms with Gasteiger partial charge < -0.3 is 14.9 Å². The minimum Gasteiger partial charge on any atom is -0.394 e. The lowest BCUT2D eigenvalue weighted by molar-refractivity contribution is 0.0981. The number of ketones is 1. The summed E-state index contributed by atoms with van der Waals surface area (Å²) in [7, 11) is 0. The third kappa shape index (κ3) is 3.81. The molecule has 1 aromatic heterocycles. The Morgan fingerprint density at radius 1 is 1.13 bits per heavy atom. The summed E-state index contributed by atoms with van der Waals surface area (Å²) in [5, 5.41) is 9.76. The van der Waals surface area contributed by atoms with Crippen LogP contribution in [-0.4, -0.2) is 46.6 Å². The van der Waals surface area contributed by atoms with E-state index in [-0.39, 0.29) is 23.8 Å². The van der Waals surface area contributed by atoms with Crippen LogP contribution in [0, 0.1) is 0 Å². The van der Waals surface area contributed by atoms with Crippen molar-refractivity contribution < 1.29 is 9.90 Å². The summed E-state index contributed by atoms with van der Waals surface area (Å²) in [6, 6.07) is 8.36. The normalized spacial score (nSPS) is 19.4. The fourth-order valence-corrected chi connectivity index (χ4v) is 4.41. The van der Waals surface area contributed by atoms with Crippen LogP contribution in [0.5, 0.6) is 0 Å². The van der Waals surface area contributed by atoms with Crippen LogP contribution in [0.2, 0.25) is 0 Å². The number of rotatable bonds is 4. The molecule has 1 atom stereocenters. The van der Waals surface area contributed by atoms with Gasteiger partial charge in [-0.25, -0.2) is 9.97 Å². The number of anilines is 3. The third-order valence-electron chi connectivity index (χ3n) is 6.24. The predicted octanol–water partition coefficient (Wildman–Crippen LogP) is 4.02. The quantitative estimate of drug-likeness (QED) is 0.824. The van der Waals surface area contributed by atoms with E-state index in [2.05, 4.69) is 55.7 Å². The van der Waals surface area contributed by atoms with Gasteiger partial charge in [0.2, 0.25) is 0 Å². The van der Waals surface area contributed by atoms with Crippen LogP contribution in [-0.2, 0) is 11.8 Å². The average molecular weight is 409 g/mol. The molecule has 0 radical (unpaired) electrons. The third-order valence-corrected chi connectivity index (χ3v) is 6.24. The molecule has 2 aliphatic heterocycles. The molecule has 6 nitrogen and oxygen atoms in total. The van der Waals surface area contributed by atoms with Gasteiger partial charge >= 0.3 is 0 Å². The Bertz CT molecular complexity index is 951. The molecule has 1 fully saturated rings. The van der Waals surface area contributed by atoms with Crippen molar-refractivity contribution in [3.63, 3.8) is 0 Å². The van der Waals surface area contributed by atoms with Crippen LogP contribution in [0.3, 0.4) is 0 Å². The van der Waals surface area contributed by atoms with Gasteiger partial charge in [-0.05, 0) is 36.0 Å². The lowest BCUT2D eigenvalue weighted by Gasteiger charge is -2.32. The number of aliphatic hydroxyl groups excluding tert-OH is 1. The van der Waals surface area contributed by atoms with Crippen LogP contribution in [0.4, 0.5) is 17.3 Å². The van der Waals surface area contributed by atoms with E-state index >= 15 is 0 Å². The first kappa shape index (κ1) is 20.8. The first-order valence-corrected chi connectivity index (χ1v) is 11.0. The number of Topliss-reactive ketones (excluding diaryl/α,β-unsaturated/α-hetero) is 1. The van der Waals surface area contributed by atoms with E-state index in [0.29, 0.717) is 13.0 Å². The number of hydrogen-bond acceptors (Lipinski definition) is 6. The predicted molar refractivity (Wildman–Crippen MR) is 120 cm³/mol. The maximum absolute atomic E-state index is 12.7. The van der Waals surface area contributed by atoms with Crippen molar-refractivity contribution in [1.82, 2.24) is 9.97 Å². The number of hydrogen-bond donors (Lipinski definition) is 1. The summed E-state index contributed by atoms with van der Waals surface area (Å²) in [4.78, 5) is 26.6. The smallest absolute Gasteiger partial charge is 0.166 e. The van der Waals surface area contributed by atoms with E-state index in [0.717, 1.165) is 60.1 Å². The second-order valence-corrected chi connectivity index (χ2v) is 9.33. The van der Waals surface area contributed by atoms with Gasteiger partial charge in [0, 0.05) is 37.6 Å². The molecule has 0 aliphatic carbocycles.